The van der Waals surface area contributed by atoms with Crippen LogP contribution in [0.25, 0.3) is 0 Å². The molecule has 0 aliphatic carbocycles. The van der Waals surface area contributed by atoms with Crippen molar-refractivity contribution in [2.75, 3.05) is 11.9 Å². The SMILES string of the molecule is CCc1cc(NCCCCC(F)(F)F)ncn1. The van der Waals surface area contributed by atoms with E-state index in [1.165, 1.54) is 6.33 Å². The number of aromatic nitrogens is 2. The number of hydrogen-bond donors (Lipinski definition) is 1. The number of nitrogens with zero attached hydrogens (tertiary/aromatic N) is 2. The lowest BCUT2D eigenvalue weighted by molar-refractivity contribution is -0.135. The summed E-state index contributed by atoms with van der Waals surface area (Å²) in [6.07, 6.45) is -1.89. The van der Waals surface area contributed by atoms with Crippen molar-refractivity contribution in [3.8, 4) is 0 Å². The van der Waals surface area contributed by atoms with Gasteiger partial charge in [-0.15, -0.1) is 0 Å². The summed E-state index contributed by atoms with van der Waals surface area (Å²) in [7, 11) is 0. The Hall–Kier alpha value is -1.33. The van der Waals surface area contributed by atoms with Gasteiger partial charge in [0.05, 0.1) is 0 Å². The molecular formula is C11H16F3N3. The highest BCUT2D eigenvalue weighted by Gasteiger charge is 2.25. The van der Waals surface area contributed by atoms with Crippen molar-refractivity contribution in [2.45, 2.75) is 38.8 Å². The first kappa shape index (κ1) is 13.7. The highest BCUT2D eigenvalue weighted by Crippen LogP contribution is 2.22. The molecule has 0 amide bonds. The molecule has 1 aromatic rings. The Morgan fingerprint density at radius 1 is 1.24 bits per heavy atom. The fraction of sp³-hybridized carbons (Fsp3) is 0.636. The third-order valence-corrected chi connectivity index (χ3v) is 2.28. The molecule has 0 saturated heterocycles. The molecule has 6 heteroatoms. The van der Waals surface area contributed by atoms with Gasteiger partial charge >= 0.3 is 6.18 Å². The highest BCUT2D eigenvalue weighted by molar-refractivity contribution is 5.34. The van der Waals surface area contributed by atoms with E-state index in [9.17, 15) is 13.2 Å². The first-order valence-electron chi connectivity index (χ1n) is 5.63. The normalized spacial score (nSPS) is 11.5. The van der Waals surface area contributed by atoms with Gasteiger partial charge in [0, 0.05) is 24.7 Å². The number of unbranched alkanes of at least 4 members (excludes halogenated alkanes) is 1. The Kier molecular flexibility index (Phi) is 5.18. The van der Waals surface area contributed by atoms with Crippen LogP contribution in [0.1, 0.15) is 31.9 Å². The molecule has 0 saturated carbocycles. The van der Waals surface area contributed by atoms with E-state index < -0.39 is 12.6 Å². The van der Waals surface area contributed by atoms with Crippen molar-refractivity contribution < 1.29 is 13.2 Å². The van der Waals surface area contributed by atoms with Crippen LogP contribution in [-0.4, -0.2) is 22.7 Å². The van der Waals surface area contributed by atoms with Gasteiger partial charge in [0.15, 0.2) is 0 Å². The van der Waals surface area contributed by atoms with Gasteiger partial charge in [-0.2, -0.15) is 13.2 Å². The molecule has 0 aliphatic rings. The zero-order chi connectivity index (χ0) is 12.7. The van der Waals surface area contributed by atoms with Crippen LogP contribution in [0.4, 0.5) is 19.0 Å². The van der Waals surface area contributed by atoms with Gasteiger partial charge in [0.2, 0.25) is 0 Å². The maximum absolute atomic E-state index is 11.9. The number of nitrogens with one attached hydrogen (secondary N) is 1. The molecule has 0 aliphatic heterocycles. The van der Waals surface area contributed by atoms with Crippen molar-refractivity contribution >= 4 is 5.82 Å². The van der Waals surface area contributed by atoms with Gasteiger partial charge in [-0.05, 0) is 19.3 Å². The lowest BCUT2D eigenvalue weighted by atomic mass is 10.2. The number of halogens is 3. The predicted octanol–water partition coefficient (Wildman–Crippen LogP) is 3.18. The van der Waals surface area contributed by atoms with E-state index in [1.54, 1.807) is 0 Å². The number of aryl methyl sites for hydroxylation is 1. The minimum atomic E-state index is -4.05. The Labute approximate surface area is 98.5 Å². The molecule has 0 bridgehead atoms. The van der Waals surface area contributed by atoms with E-state index in [-0.39, 0.29) is 6.42 Å². The molecule has 0 aromatic carbocycles. The van der Waals surface area contributed by atoms with Crippen molar-refractivity contribution in [2.24, 2.45) is 0 Å². The third-order valence-electron chi connectivity index (χ3n) is 2.28. The van der Waals surface area contributed by atoms with Gasteiger partial charge < -0.3 is 5.32 Å². The average molecular weight is 247 g/mol. The van der Waals surface area contributed by atoms with Crippen molar-refractivity contribution in [3.05, 3.63) is 18.1 Å². The molecule has 0 spiro atoms. The molecular weight excluding hydrogens is 231 g/mol. The summed E-state index contributed by atoms with van der Waals surface area (Å²) >= 11 is 0. The van der Waals surface area contributed by atoms with Crippen LogP contribution in [0, 0.1) is 0 Å². The smallest absolute Gasteiger partial charge is 0.370 e. The Bertz CT molecular complexity index is 339. The lowest BCUT2D eigenvalue weighted by Crippen LogP contribution is -2.09. The largest absolute Gasteiger partial charge is 0.389 e. The topological polar surface area (TPSA) is 37.8 Å². The van der Waals surface area contributed by atoms with Crippen molar-refractivity contribution in [3.63, 3.8) is 0 Å². The molecule has 0 fully saturated rings. The second-order valence-corrected chi connectivity index (χ2v) is 3.75. The third kappa shape index (κ3) is 6.09. The van der Waals surface area contributed by atoms with Gasteiger partial charge in [0.1, 0.15) is 12.1 Å². The summed E-state index contributed by atoms with van der Waals surface area (Å²) in [5.74, 6) is 0.670. The van der Waals surface area contributed by atoms with Crippen molar-refractivity contribution in [1.82, 2.24) is 9.97 Å². The molecule has 96 valence electrons. The molecule has 1 aromatic heterocycles. The molecule has 1 rings (SSSR count). The zero-order valence-electron chi connectivity index (χ0n) is 9.72. The van der Waals surface area contributed by atoms with Crippen LogP contribution in [0.5, 0.6) is 0 Å². The monoisotopic (exact) mass is 247 g/mol. The minimum absolute atomic E-state index is 0.141. The molecule has 0 unspecified atom stereocenters. The van der Waals surface area contributed by atoms with Gasteiger partial charge in [-0.3, -0.25) is 0 Å². The van der Waals surface area contributed by atoms with Gasteiger partial charge in [-0.25, -0.2) is 9.97 Å². The standard InChI is InChI=1S/C11H16F3N3/c1-2-9-7-10(17-8-16-9)15-6-4-3-5-11(12,13)14/h7-8H,2-6H2,1H3,(H,15,16,17). The van der Waals surface area contributed by atoms with Crippen LogP contribution in [-0.2, 0) is 6.42 Å². The number of anilines is 1. The second-order valence-electron chi connectivity index (χ2n) is 3.75. The summed E-state index contributed by atoms with van der Waals surface area (Å²) in [6, 6.07) is 1.81. The molecule has 3 nitrogen and oxygen atoms in total. The fourth-order valence-electron chi connectivity index (χ4n) is 1.35. The van der Waals surface area contributed by atoms with Crippen LogP contribution >= 0.6 is 0 Å². The molecule has 0 atom stereocenters. The summed E-state index contributed by atoms with van der Waals surface area (Å²) < 4.78 is 35.6. The zero-order valence-corrected chi connectivity index (χ0v) is 9.72. The quantitative estimate of drug-likeness (QED) is 0.784. The second kappa shape index (κ2) is 6.42. The molecule has 1 N–H and O–H groups in total. The van der Waals surface area contributed by atoms with E-state index in [0.29, 0.717) is 18.8 Å². The highest BCUT2D eigenvalue weighted by atomic mass is 19.4. The Balaban J connectivity index is 2.22. The summed E-state index contributed by atoms with van der Waals surface area (Å²) in [4.78, 5) is 8.02. The number of hydrogen-bond acceptors (Lipinski definition) is 3. The van der Waals surface area contributed by atoms with Crippen LogP contribution in [0.3, 0.4) is 0 Å². The predicted molar refractivity (Wildman–Crippen MR) is 59.8 cm³/mol. The van der Waals surface area contributed by atoms with E-state index >= 15 is 0 Å². The first-order valence-corrected chi connectivity index (χ1v) is 5.63. The maximum Gasteiger partial charge on any atom is 0.389 e. The Morgan fingerprint density at radius 2 is 2.00 bits per heavy atom. The Morgan fingerprint density at radius 3 is 2.65 bits per heavy atom. The number of rotatable bonds is 6. The number of alkyl halides is 3. The van der Waals surface area contributed by atoms with Gasteiger partial charge in [-0.1, -0.05) is 6.92 Å². The average Bonchev–Trinajstić information content (AvgIpc) is 2.27. The summed E-state index contributed by atoms with van der Waals surface area (Å²) in [6.45, 7) is 2.48. The van der Waals surface area contributed by atoms with E-state index in [0.717, 1.165) is 12.1 Å². The fourth-order valence-corrected chi connectivity index (χ4v) is 1.35. The summed E-state index contributed by atoms with van der Waals surface area (Å²) in [5.41, 5.74) is 0.915. The van der Waals surface area contributed by atoms with E-state index in [2.05, 4.69) is 15.3 Å². The first-order chi connectivity index (χ1) is 8.01. The molecule has 1 heterocycles. The van der Waals surface area contributed by atoms with Crippen LogP contribution < -0.4 is 5.32 Å². The van der Waals surface area contributed by atoms with Crippen LogP contribution in [0.2, 0.25) is 0 Å². The summed E-state index contributed by atoms with van der Waals surface area (Å²) in [5, 5.41) is 2.99. The van der Waals surface area contributed by atoms with E-state index in [1.807, 2.05) is 13.0 Å². The molecule has 0 radical (unpaired) electrons. The molecule has 17 heavy (non-hydrogen) atoms. The van der Waals surface area contributed by atoms with E-state index in [4.69, 9.17) is 0 Å². The van der Waals surface area contributed by atoms with Crippen LogP contribution in [0.15, 0.2) is 12.4 Å². The maximum atomic E-state index is 11.9. The lowest BCUT2D eigenvalue weighted by Gasteiger charge is -2.07. The minimum Gasteiger partial charge on any atom is -0.370 e. The van der Waals surface area contributed by atoms with Crippen molar-refractivity contribution in [1.29, 1.82) is 0 Å². The van der Waals surface area contributed by atoms with Gasteiger partial charge in [0.25, 0.3) is 0 Å².